The number of anilines is 3. The van der Waals surface area contributed by atoms with Gasteiger partial charge >= 0.3 is 0 Å². The van der Waals surface area contributed by atoms with Crippen molar-refractivity contribution >= 4 is 34.1 Å². The first kappa shape index (κ1) is 22.3. The quantitative estimate of drug-likeness (QED) is 0.411. The average Bonchev–Trinajstić information content (AvgIpc) is 3.04. The Kier molecular flexibility index (Phi) is 6.59. The summed E-state index contributed by atoms with van der Waals surface area (Å²) in [6.45, 7) is 3.87. The zero-order valence-electron chi connectivity index (χ0n) is 18.1. The van der Waals surface area contributed by atoms with Crippen LogP contribution in [-0.2, 0) is 7.05 Å². The number of benzene rings is 1. The normalized spacial score (nSPS) is 13.1. The van der Waals surface area contributed by atoms with Crippen molar-refractivity contribution < 1.29 is 13.9 Å². The maximum Gasteiger partial charge on any atom is 0.252 e. The number of carbonyl (C=O) groups is 1. The molecule has 3 rings (SSSR count). The molecule has 0 bridgehead atoms. The summed E-state index contributed by atoms with van der Waals surface area (Å²) in [5, 5.41) is 11.2. The number of primary amides is 1. The van der Waals surface area contributed by atoms with Gasteiger partial charge in [0, 0.05) is 24.8 Å². The Balaban J connectivity index is 2.01. The molecule has 6 N–H and O–H groups in total. The summed E-state index contributed by atoms with van der Waals surface area (Å²) < 4.78 is 21.7. The molecule has 9 nitrogen and oxygen atoms in total. The zero-order chi connectivity index (χ0) is 22.7. The van der Waals surface area contributed by atoms with Crippen LogP contribution in [0.3, 0.4) is 0 Å². The van der Waals surface area contributed by atoms with Gasteiger partial charge in [0.15, 0.2) is 11.6 Å². The van der Waals surface area contributed by atoms with E-state index in [-0.39, 0.29) is 29.3 Å². The monoisotopic (exact) mass is 429 g/mol. The average molecular weight is 430 g/mol. The number of rotatable bonds is 9. The summed E-state index contributed by atoms with van der Waals surface area (Å²) in [6.07, 6.45) is 1.62. The topological polar surface area (TPSA) is 133 Å². The van der Waals surface area contributed by atoms with Crippen molar-refractivity contribution in [2.45, 2.75) is 38.8 Å². The van der Waals surface area contributed by atoms with Crippen molar-refractivity contribution in [2.24, 2.45) is 18.5 Å². The molecule has 0 spiro atoms. The number of aryl methyl sites for hydroxylation is 1. The van der Waals surface area contributed by atoms with Gasteiger partial charge in [0.25, 0.3) is 5.91 Å². The third kappa shape index (κ3) is 4.69. The van der Waals surface area contributed by atoms with E-state index in [0.717, 1.165) is 29.8 Å². The van der Waals surface area contributed by atoms with E-state index in [0.29, 0.717) is 11.6 Å². The molecule has 0 aliphatic carbocycles. The molecule has 2 aromatic heterocycles. The maximum absolute atomic E-state index is 14.7. The molecule has 0 saturated carbocycles. The number of halogens is 1. The van der Waals surface area contributed by atoms with Gasteiger partial charge in [0.05, 0.1) is 23.6 Å². The van der Waals surface area contributed by atoms with Crippen molar-refractivity contribution in [1.29, 1.82) is 0 Å². The van der Waals surface area contributed by atoms with E-state index < -0.39 is 11.7 Å². The van der Waals surface area contributed by atoms with Crippen LogP contribution < -0.4 is 26.8 Å². The minimum Gasteiger partial charge on any atom is -0.479 e. The van der Waals surface area contributed by atoms with Crippen LogP contribution in [0.5, 0.6) is 5.88 Å². The molecule has 31 heavy (non-hydrogen) atoms. The summed E-state index contributed by atoms with van der Waals surface area (Å²) in [4.78, 5) is 16.2. The first-order valence-electron chi connectivity index (χ1n) is 10.0. The van der Waals surface area contributed by atoms with Crippen LogP contribution in [0.25, 0.3) is 10.9 Å². The number of carbonyl (C=O) groups excluding carboxylic acids is 1. The largest absolute Gasteiger partial charge is 0.479 e. The summed E-state index contributed by atoms with van der Waals surface area (Å²) in [6, 6.07) is 6.16. The van der Waals surface area contributed by atoms with Crippen molar-refractivity contribution in [3.8, 4) is 5.88 Å². The Bertz CT molecular complexity index is 1100. The molecule has 10 heteroatoms. The van der Waals surface area contributed by atoms with E-state index in [1.54, 1.807) is 10.7 Å². The Morgan fingerprint density at radius 2 is 2.06 bits per heavy atom. The van der Waals surface area contributed by atoms with E-state index in [4.69, 9.17) is 16.2 Å². The van der Waals surface area contributed by atoms with Crippen LogP contribution >= 0.6 is 0 Å². The lowest BCUT2D eigenvalue weighted by Gasteiger charge is -2.23. The highest BCUT2D eigenvalue weighted by Gasteiger charge is 2.20. The lowest BCUT2D eigenvalue weighted by molar-refractivity contribution is 0.100. The van der Waals surface area contributed by atoms with E-state index >= 15 is 0 Å². The molecular weight excluding hydrogens is 401 g/mol. The van der Waals surface area contributed by atoms with Crippen molar-refractivity contribution in [3.63, 3.8) is 0 Å². The SMILES string of the molecule is CCC[C@@H](Nc1nc(Nc2ccc3c(c2)c(OC)nn3C)c(C(N)=O)cc1F)[C@H](C)N. The molecule has 2 heterocycles. The molecule has 0 aliphatic rings. The minimum absolute atomic E-state index is 0.00304. The van der Waals surface area contributed by atoms with Gasteiger partial charge in [-0.2, -0.15) is 0 Å². The number of hydrogen-bond donors (Lipinski definition) is 4. The van der Waals surface area contributed by atoms with Crippen LogP contribution in [0.15, 0.2) is 24.3 Å². The second-order valence-corrected chi connectivity index (χ2v) is 7.47. The summed E-state index contributed by atoms with van der Waals surface area (Å²) >= 11 is 0. The summed E-state index contributed by atoms with van der Waals surface area (Å²) in [5.41, 5.74) is 12.9. The van der Waals surface area contributed by atoms with Crippen LogP contribution in [0, 0.1) is 5.82 Å². The van der Waals surface area contributed by atoms with Gasteiger partial charge in [0.2, 0.25) is 5.88 Å². The molecule has 0 fully saturated rings. The molecule has 0 radical (unpaired) electrons. The lowest BCUT2D eigenvalue weighted by Crippen LogP contribution is -2.38. The fraction of sp³-hybridized carbons (Fsp3) is 0.381. The standard InChI is InChI=1S/C21H28FN7O2/c1-5-6-16(11(2)23)26-20-15(22)10-14(18(24)30)19(27-20)25-12-7-8-17-13(9-12)21(31-4)28-29(17)3/h7-11,16H,5-6,23H2,1-4H3,(H2,24,30)(H2,25,26,27)/t11-,16+/m0/s1. The number of pyridine rings is 1. The molecular formula is C21H28FN7O2. The van der Waals surface area contributed by atoms with Gasteiger partial charge in [-0.3, -0.25) is 9.48 Å². The fourth-order valence-electron chi connectivity index (χ4n) is 3.43. The van der Waals surface area contributed by atoms with Crippen molar-refractivity contribution in [2.75, 3.05) is 17.7 Å². The maximum atomic E-state index is 14.7. The third-order valence-corrected chi connectivity index (χ3v) is 5.07. The second-order valence-electron chi connectivity index (χ2n) is 7.47. The number of nitrogens with two attached hydrogens (primary N) is 2. The predicted octanol–water partition coefficient (Wildman–Crippen LogP) is 2.89. The number of nitrogens with zero attached hydrogens (tertiary/aromatic N) is 3. The second kappa shape index (κ2) is 9.17. The zero-order valence-corrected chi connectivity index (χ0v) is 18.1. The van der Waals surface area contributed by atoms with Crippen LogP contribution in [0.4, 0.5) is 21.7 Å². The number of amides is 1. The highest BCUT2D eigenvalue weighted by Crippen LogP contribution is 2.30. The molecule has 3 aromatic rings. The molecule has 0 aliphatic heterocycles. The van der Waals surface area contributed by atoms with Gasteiger partial charge in [-0.15, -0.1) is 5.10 Å². The molecule has 166 valence electrons. The Morgan fingerprint density at radius 1 is 1.32 bits per heavy atom. The summed E-state index contributed by atoms with van der Waals surface area (Å²) in [7, 11) is 3.35. The smallest absolute Gasteiger partial charge is 0.252 e. The van der Waals surface area contributed by atoms with Gasteiger partial charge in [-0.25, -0.2) is 9.37 Å². The Hall–Kier alpha value is -3.40. The van der Waals surface area contributed by atoms with E-state index in [2.05, 4.69) is 20.7 Å². The predicted molar refractivity (Wildman–Crippen MR) is 119 cm³/mol. The van der Waals surface area contributed by atoms with Crippen LogP contribution in [-0.4, -0.2) is 39.9 Å². The first-order valence-corrected chi connectivity index (χ1v) is 10.0. The molecule has 0 saturated heterocycles. The third-order valence-electron chi connectivity index (χ3n) is 5.07. The first-order chi connectivity index (χ1) is 14.7. The summed E-state index contributed by atoms with van der Waals surface area (Å²) in [5.74, 6) is -0.866. The number of fused-ring (bicyclic) bond motifs is 1. The highest BCUT2D eigenvalue weighted by atomic mass is 19.1. The highest BCUT2D eigenvalue weighted by molar-refractivity contribution is 5.99. The number of ether oxygens (including phenoxy) is 1. The van der Waals surface area contributed by atoms with Crippen molar-refractivity contribution in [3.05, 3.63) is 35.6 Å². The number of hydrogen-bond acceptors (Lipinski definition) is 7. The van der Waals surface area contributed by atoms with Crippen LogP contribution in [0.1, 0.15) is 37.0 Å². The van der Waals surface area contributed by atoms with E-state index in [9.17, 15) is 9.18 Å². The molecule has 1 aromatic carbocycles. The number of methoxy groups -OCH3 is 1. The fourth-order valence-corrected chi connectivity index (χ4v) is 3.43. The van der Waals surface area contributed by atoms with Gasteiger partial charge in [-0.05, 0) is 37.6 Å². The number of nitrogens with one attached hydrogen (secondary N) is 2. The van der Waals surface area contributed by atoms with E-state index in [1.807, 2.05) is 33.0 Å². The van der Waals surface area contributed by atoms with Gasteiger partial charge in [0.1, 0.15) is 5.82 Å². The van der Waals surface area contributed by atoms with Gasteiger partial charge in [-0.1, -0.05) is 13.3 Å². The Morgan fingerprint density at radius 3 is 2.68 bits per heavy atom. The molecule has 0 unspecified atom stereocenters. The van der Waals surface area contributed by atoms with Gasteiger partial charge < -0.3 is 26.8 Å². The molecule has 1 amide bonds. The van der Waals surface area contributed by atoms with Crippen LogP contribution in [0.2, 0.25) is 0 Å². The minimum atomic E-state index is -0.794. The van der Waals surface area contributed by atoms with E-state index in [1.165, 1.54) is 7.11 Å². The van der Waals surface area contributed by atoms with Crippen molar-refractivity contribution in [1.82, 2.24) is 14.8 Å². The number of aromatic nitrogens is 3. The Labute approximate surface area is 180 Å². The lowest BCUT2D eigenvalue weighted by atomic mass is 10.1. The molecule has 2 atom stereocenters.